The highest BCUT2D eigenvalue weighted by Crippen LogP contribution is 2.46. The van der Waals surface area contributed by atoms with E-state index < -0.39 is 23.5 Å². The van der Waals surface area contributed by atoms with Crippen molar-refractivity contribution >= 4 is 11.9 Å². The molecule has 3 atom stereocenters. The fourth-order valence-corrected chi connectivity index (χ4v) is 3.28. The van der Waals surface area contributed by atoms with Gasteiger partial charge in [0.2, 0.25) is 0 Å². The summed E-state index contributed by atoms with van der Waals surface area (Å²) in [6.45, 7) is 7.46. The first-order valence-corrected chi connectivity index (χ1v) is 7.72. The molecule has 0 amide bonds. The number of benzene rings is 1. The van der Waals surface area contributed by atoms with Crippen LogP contribution in [0.2, 0.25) is 0 Å². The molecule has 1 aliphatic carbocycles. The second-order valence-electron chi connectivity index (χ2n) is 7.11. The Morgan fingerprint density at radius 1 is 1.27 bits per heavy atom. The molecule has 1 aliphatic rings. The number of esters is 1. The number of ether oxygens (including phenoxy) is 1. The maximum absolute atomic E-state index is 12.0. The first-order valence-electron chi connectivity index (χ1n) is 7.72. The molecule has 0 saturated heterocycles. The van der Waals surface area contributed by atoms with Crippen molar-refractivity contribution in [3.8, 4) is 0 Å². The van der Waals surface area contributed by atoms with Gasteiger partial charge in [0.15, 0.2) is 0 Å². The lowest BCUT2D eigenvalue weighted by atomic mass is 9.84. The molecule has 0 saturated carbocycles. The van der Waals surface area contributed by atoms with E-state index in [1.807, 2.05) is 24.3 Å². The largest absolute Gasteiger partial charge is 0.481 e. The zero-order valence-electron chi connectivity index (χ0n) is 13.6. The van der Waals surface area contributed by atoms with E-state index in [1.165, 1.54) is 5.56 Å². The Balaban J connectivity index is 2.20. The van der Waals surface area contributed by atoms with Crippen LogP contribution in [-0.2, 0) is 14.3 Å². The van der Waals surface area contributed by atoms with E-state index >= 15 is 0 Å². The quantitative estimate of drug-likeness (QED) is 0.861. The van der Waals surface area contributed by atoms with E-state index in [2.05, 4.69) is 6.92 Å². The van der Waals surface area contributed by atoms with E-state index in [1.54, 1.807) is 20.8 Å². The van der Waals surface area contributed by atoms with Gasteiger partial charge >= 0.3 is 11.9 Å². The number of aliphatic carboxylic acids is 1. The molecule has 4 heteroatoms. The summed E-state index contributed by atoms with van der Waals surface area (Å²) >= 11 is 0. The third-order valence-electron chi connectivity index (χ3n) is 4.14. The number of carbonyl (C=O) groups excluding carboxylic acids is 1. The van der Waals surface area contributed by atoms with Crippen LogP contribution in [-0.4, -0.2) is 22.6 Å². The molecule has 0 fully saturated rings. The maximum atomic E-state index is 12.0. The Morgan fingerprint density at radius 3 is 2.41 bits per heavy atom. The Kier molecular flexibility index (Phi) is 4.59. The van der Waals surface area contributed by atoms with Gasteiger partial charge in [-0.1, -0.05) is 31.2 Å². The third kappa shape index (κ3) is 3.67. The van der Waals surface area contributed by atoms with Crippen LogP contribution in [0.25, 0.3) is 0 Å². The van der Waals surface area contributed by atoms with Gasteiger partial charge in [-0.15, -0.1) is 0 Å². The van der Waals surface area contributed by atoms with E-state index in [9.17, 15) is 14.7 Å². The lowest BCUT2D eigenvalue weighted by Crippen LogP contribution is -2.29. The number of hydrogen-bond donors (Lipinski definition) is 1. The van der Waals surface area contributed by atoms with E-state index in [0.717, 1.165) is 12.0 Å². The molecular weight excluding hydrogens is 280 g/mol. The van der Waals surface area contributed by atoms with E-state index in [0.29, 0.717) is 5.92 Å². The Labute approximate surface area is 131 Å². The van der Waals surface area contributed by atoms with Crippen LogP contribution in [0.4, 0.5) is 0 Å². The van der Waals surface area contributed by atoms with Gasteiger partial charge in [-0.2, -0.15) is 0 Å². The molecule has 120 valence electrons. The summed E-state index contributed by atoms with van der Waals surface area (Å²) in [4.78, 5) is 23.7. The highest BCUT2D eigenvalue weighted by atomic mass is 16.6. The van der Waals surface area contributed by atoms with Crippen molar-refractivity contribution < 1.29 is 19.4 Å². The molecule has 1 aromatic carbocycles. The summed E-state index contributed by atoms with van der Waals surface area (Å²) in [7, 11) is 0. The van der Waals surface area contributed by atoms with Gasteiger partial charge in [0.05, 0.1) is 12.3 Å². The number of fused-ring (bicyclic) bond motifs is 1. The van der Waals surface area contributed by atoms with Crippen molar-refractivity contribution in [3.05, 3.63) is 35.4 Å². The number of rotatable bonds is 4. The minimum absolute atomic E-state index is 0.0850. The van der Waals surface area contributed by atoms with Crippen molar-refractivity contribution in [2.24, 2.45) is 5.92 Å². The van der Waals surface area contributed by atoms with Gasteiger partial charge in [-0.3, -0.25) is 9.59 Å². The summed E-state index contributed by atoms with van der Waals surface area (Å²) in [6, 6.07) is 7.93. The fourth-order valence-electron chi connectivity index (χ4n) is 3.28. The maximum Gasteiger partial charge on any atom is 0.307 e. The normalized spacial score (nSPS) is 22.0. The van der Waals surface area contributed by atoms with E-state index in [4.69, 9.17) is 4.74 Å². The van der Waals surface area contributed by atoms with Crippen LogP contribution in [0.15, 0.2) is 24.3 Å². The monoisotopic (exact) mass is 304 g/mol. The van der Waals surface area contributed by atoms with Gasteiger partial charge in [0, 0.05) is 0 Å². The first-order chi connectivity index (χ1) is 10.2. The van der Waals surface area contributed by atoms with Gasteiger partial charge in [0.25, 0.3) is 0 Å². The van der Waals surface area contributed by atoms with Gasteiger partial charge in [-0.05, 0) is 50.2 Å². The highest BCUT2D eigenvalue weighted by Gasteiger charge is 2.39. The number of hydrogen-bond acceptors (Lipinski definition) is 3. The highest BCUT2D eigenvalue weighted by molar-refractivity contribution is 5.80. The van der Waals surface area contributed by atoms with Gasteiger partial charge in [0.1, 0.15) is 5.60 Å². The standard InChI is InChI=1S/C18H24O4/c1-11-9-14(13-8-6-5-7-12(11)13)15(17(20)21)10-16(19)22-18(2,3)4/h5-8,11,14-15H,9-10H2,1-4H3,(H,20,21)/t11-,14-,15?/m0/s1. The Hall–Kier alpha value is -1.84. The summed E-state index contributed by atoms with van der Waals surface area (Å²) in [5.41, 5.74) is 1.66. The minimum atomic E-state index is -0.931. The van der Waals surface area contributed by atoms with Crippen molar-refractivity contribution in [2.45, 2.75) is 58.0 Å². The SMILES string of the molecule is C[C@H]1C[C@H](C(CC(=O)OC(C)(C)C)C(=O)O)c2ccccc21. The van der Waals surface area contributed by atoms with Crippen LogP contribution in [0.5, 0.6) is 0 Å². The summed E-state index contributed by atoms with van der Waals surface area (Å²) in [6.07, 6.45) is 0.678. The molecule has 22 heavy (non-hydrogen) atoms. The predicted molar refractivity (Wildman–Crippen MR) is 83.8 cm³/mol. The van der Waals surface area contributed by atoms with Crippen LogP contribution in [0, 0.1) is 5.92 Å². The topological polar surface area (TPSA) is 63.6 Å². The molecule has 0 heterocycles. The van der Waals surface area contributed by atoms with Crippen LogP contribution in [0.1, 0.15) is 63.5 Å². The lowest BCUT2D eigenvalue weighted by Gasteiger charge is -2.24. The number of carboxylic acid groups (broad SMARTS) is 1. The zero-order valence-corrected chi connectivity index (χ0v) is 13.6. The molecule has 2 rings (SSSR count). The lowest BCUT2D eigenvalue weighted by molar-refractivity contribution is -0.160. The van der Waals surface area contributed by atoms with Gasteiger partial charge < -0.3 is 9.84 Å². The minimum Gasteiger partial charge on any atom is -0.481 e. The molecule has 1 aromatic rings. The second kappa shape index (κ2) is 6.11. The second-order valence-corrected chi connectivity index (χ2v) is 7.11. The molecule has 1 N–H and O–H groups in total. The molecule has 4 nitrogen and oxygen atoms in total. The smallest absolute Gasteiger partial charge is 0.307 e. The van der Waals surface area contributed by atoms with Crippen molar-refractivity contribution in [1.82, 2.24) is 0 Å². The zero-order chi connectivity index (χ0) is 16.5. The van der Waals surface area contributed by atoms with Crippen LogP contribution < -0.4 is 0 Å². The summed E-state index contributed by atoms with van der Waals surface area (Å²) in [5, 5.41) is 9.58. The Bertz CT molecular complexity index is 571. The van der Waals surface area contributed by atoms with Crippen molar-refractivity contribution in [3.63, 3.8) is 0 Å². The fraction of sp³-hybridized carbons (Fsp3) is 0.556. The van der Waals surface area contributed by atoms with Crippen LogP contribution in [0.3, 0.4) is 0 Å². The molecule has 0 spiro atoms. The third-order valence-corrected chi connectivity index (χ3v) is 4.14. The average molecular weight is 304 g/mol. The number of carboxylic acids is 1. The average Bonchev–Trinajstić information content (AvgIpc) is 2.72. The molecular formula is C18H24O4. The van der Waals surface area contributed by atoms with E-state index in [-0.39, 0.29) is 12.3 Å². The molecule has 0 aliphatic heterocycles. The molecule has 0 aromatic heterocycles. The summed E-state index contributed by atoms with van der Waals surface area (Å²) in [5.74, 6) is -1.92. The predicted octanol–water partition coefficient (Wildman–Crippen LogP) is 3.71. The van der Waals surface area contributed by atoms with Crippen molar-refractivity contribution in [2.75, 3.05) is 0 Å². The molecule has 1 unspecified atom stereocenters. The molecule has 0 radical (unpaired) electrons. The summed E-state index contributed by atoms with van der Waals surface area (Å²) < 4.78 is 5.29. The van der Waals surface area contributed by atoms with Crippen LogP contribution >= 0.6 is 0 Å². The first kappa shape index (κ1) is 16.5. The van der Waals surface area contributed by atoms with Gasteiger partial charge in [-0.25, -0.2) is 0 Å². The molecule has 0 bridgehead atoms. The Morgan fingerprint density at radius 2 is 1.86 bits per heavy atom. The number of carbonyl (C=O) groups is 2. The van der Waals surface area contributed by atoms with Crippen molar-refractivity contribution in [1.29, 1.82) is 0 Å².